The lowest BCUT2D eigenvalue weighted by Crippen LogP contribution is -2.47. The molecule has 168 valence electrons. The summed E-state index contributed by atoms with van der Waals surface area (Å²) in [6.07, 6.45) is 1.46. The molecular weight excluding hydrogens is 398 g/mol. The number of hydrogen-bond acceptors (Lipinski definition) is 7. The van der Waals surface area contributed by atoms with Crippen LogP contribution in [0.5, 0.6) is 5.75 Å². The summed E-state index contributed by atoms with van der Waals surface area (Å²) in [5, 5.41) is 20.2. The van der Waals surface area contributed by atoms with E-state index in [1.54, 1.807) is 0 Å². The number of aliphatic hydroxyl groups excluding tert-OH is 2. The Balaban J connectivity index is 1.27. The van der Waals surface area contributed by atoms with Gasteiger partial charge in [-0.25, -0.2) is 0 Å². The minimum atomic E-state index is -1.01. The maximum absolute atomic E-state index is 12.6. The number of aliphatic hydroxyl groups is 2. The standard InChI is InChI=1S/C23H31N3O5/c1-2-31-19-7-4-3-6-16(19)25-14-12-24(13-15-25)10-5-11-26-22(29)20-17(27)8-9-18(28)21(20)23(26)30/h3-4,6-9,17-18,20-21,27-28H,2,5,10-15H2,1H3. The zero-order chi connectivity index (χ0) is 22.0. The largest absolute Gasteiger partial charge is 0.492 e. The highest BCUT2D eigenvalue weighted by Gasteiger charge is 2.53. The van der Waals surface area contributed by atoms with Crippen LogP contribution in [0, 0.1) is 11.8 Å². The summed E-state index contributed by atoms with van der Waals surface area (Å²) >= 11 is 0. The Morgan fingerprint density at radius 1 is 0.935 bits per heavy atom. The highest BCUT2D eigenvalue weighted by Crippen LogP contribution is 2.35. The van der Waals surface area contributed by atoms with Crippen molar-refractivity contribution < 1.29 is 24.5 Å². The fraction of sp³-hybridized carbons (Fsp3) is 0.565. The van der Waals surface area contributed by atoms with E-state index >= 15 is 0 Å². The quantitative estimate of drug-likeness (QED) is 0.481. The molecule has 8 heteroatoms. The van der Waals surface area contributed by atoms with Gasteiger partial charge in [-0.1, -0.05) is 24.3 Å². The second-order valence-corrected chi connectivity index (χ2v) is 8.33. The van der Waals surface area contributed by atoms with Crippen LogP contribution in [0.3, 0.4) is 0 Å². The Morgan fingerprint density at radius 2 is 1.55 bits per heavy atom. The van der Waals surface area contributed by atoms with Gasteiger partial charge in [0.1, 0.15) is 5.75 Å². The summed E-state index contributed by atoms with van der Waals surface area (Å²) in [5.41, 5.74) is 1.12. The van der Waals surface area contributed by atoms with Gasteiger partial charge in [-0.05, 0) is 32.0 Å². The molecule has 0 aromatic heterocycles. The first-order chi connectivity index (χ1) is 15.0. The van der Waals surface area contributed by atoms with E-state index in [9.17, 15) is 19.8 Å². The molecule has 0 saturated carbocycles. The number of imide groups is 1. The maximum Gasteiger partial charge on any atom is 0.236 e. The number of carbonyl (C=O) groups is 2. The number of carbonyl (C=O) groups excluding carboxylic acids is 2. The van der Waals surface area contributed by atoms with E-state index in [2.05, 4.69) is 15.9 Å². The molecule has 8 nitrogen and oxygen atoms in total. The van der Waals surface area contributed by atoms with Crippen molar-refractivity contribution in [1.82, 2.24) is 9.80 Å². The van der Waals surface area contributed by atoms with Crippen LogP contribution in [0.25, 0.3) is 0 Å². The Kier molecular flexibility index (Phi) is 6.60. The van der Waals surface area contributed by atoms with Gasteiger partial charge in [0, 0.05) is 32.7 Å². The van der Waals surface area contributed by atoms with Gasteiger partial charge in [0.2, 0.25) is 11.8 Å². The van der Waals surface area contributed by atoms with Crippen molar-refractivity contribution in [3.05, 3.63) is 36.4 Å². The normalized spacial score (nSPS) is 28.9. The molecule has 4 unspecified atom stereocenters. The second kappa shape index (κ2) is 9.38. The monoisotopic (exact) mass is 429 g/mol. The summed E-state index contributed by atoms with van der Waals surface area (Å²) in [4.78, 5) is 31.2. The zero-order valence-electron chi connectivity index (χ0n) is 17.9. The van der Waals surface area contributed by atoms with Gasteiger partial charge in [0.15, 0.2) is 0 Å². The first-order valence-electron chi connectivity index (χ1n) is 11.1. The molecule has 1 aromatic rings. The van der Waals surface area contributed by atoms with Crippen LogP contribution in [0.2, 0.25) is 0 Å². The molecule has 2 saturated heterocycles. The van der Waals surface area contributed by atoms with Crippen molar-refractivity contribution >= 4 is 17.5 Å². The van der Waals surface area contributed by atoms with E-state index in [4.69, 9.17) is 4.74 Å². The molecule has 2 amide bonds. The van der Waals surface area contributed by atoms with Gasteiger partial charge in [-0.2, -0.15) is 0 Å². The van der Waals surface area contributed by atoms with Gasteiger partial charge >= 0.3 is 0 Å². The van der Waals surface area contributed by atoms with Crippen LogP contribution in [0.15, 0.2) is 36.4 Å². The summed E-state index contributed by atoms with van der Waals surface area (Å²) in [6, 6.07) is 8.09. The van der Waals surface area contributed by atoms with Crippen molar-refractivity contribution in [2.24, 2.45) is 11.8 Å². The van der Waals surface area contributed by atoms with Crippen molar-refractivity contribution in [1.29, 1.82) is 0 Å². The van der Waals surface area contributed by atoms with E-state index < -0.39 is 24.0 Å². The smallest absolute Gasteiger partial charge is 0.236 e. The number of likely N-dealkylation sites (tertiary alicyclic amines) is 1. The molecule has 2 heterocycles. The molecular formula is C23H31N3O5. The zero-order valence-corrected chi connectivity index (χ0v) is 17.9. The Morgan fingerprint density at radius 3 is 2.16 bits per heavy atom. The summed E-state index contributed by atoms with van der Waals surface area (Å²) < 4.78 is 5.75. The van der Waals surface area contributed by atoms with Crippen LogP contribution in [-0.4, -0.2) is 89.9 Å². The average Bonchev–Trinajstić information content (AvgIpc) is 3.03. The SMILES string of the molecule is CCOc1ccccc1N1CCN(CCCN2C(=O)C3C(O)C=CC(O)C3C2=O)CC1. The highest BCUT2D eigenvalue weighted by atomic mass is 16.5. The minimum Gasteiger partial charge on any atom is -0.492 e. The molecule has 3 aliphatic rings. The molecule has 4 rings (SSSR count). The van der Waals surface area contributed by atoms with E-state index in [1.807, 2.05) is 25.1 Å². The van der Waals surface area contributed by atoms with Gasteiger partial charge in [-0.15, -0.1) is 0 Å². The molecule has 2 aliphatic heterocycles. The maximum atomic E-state index is 12.6. The highest BCUT2D eigenvalue weighted by molar-refractivity contribution is 6.06. The number of para-hydroxylation sites is 2. The van der Waals surface area contributed by atoms with Crippen molar-refractivity contribution in [3.8, 4) is 5.75 Å². The number of rotatable bonds is 7. The minimum absolute atomic E-state index is 0.317. The molecule has 31 heavy (non-hydrogen) atoms. The number of benzene rings is 1. The predicted molar refractivity (Wildman–Crippen MR) is 116 cm³/mol. The fourth-order valence-electron chi connectivity index (χ4n) is 4.84. The number of fused-ring (bicyclic) bond motifs is 1. The van der Waals surface area contributed by atoms with Crippen molar-refractivity contribution in [2.75, 3.05) is 50.8 Å². The van der Waals surface area contributed by atoms with E-state index in [0.29, 0.717) is 19.6 Å². The Hall–Kier alpha value is -2.42. The third-order valence-corrected chi connectivity index (χ3v) is 6.46. The van der Waals surface area contributed by atoms with Gasteiger partial charge in [-0.3, -0.25) is 19.4 Å². The molecule has 1 aliphatic carbocycles. The Labute approximate surface area is 182 Å². The molecule has 1 aromatic carbocycles. The molecule has 2 N–H and O–H groups in total. The second-order valence-electron chi connectivity index (χ2n) is 8.33. The van der Waals surface area contributed by atoms with Crippen LogP contribution in [0.1, 0.15) is 13.3 Å². The van der Waals surface area contributed by atoms with Crippen LogP contribution >= 0.6 is 0 Å². The lowest BCUT2D eigenvalue weighted by Gasteiger charge is -2.36. The van der Waals surface area contributed by atoms with E-state index in [1.165, 1.54) is 17.1 Å². The third-order valence-electron chi connectivity index (χ3n) is 6.46. The average molecular weight is 430 g/mol. The molecule has 0 spiro atoms. The lowest BCUT2D eigenvalue weighted by molar-refractivity contribution is -0.140. The number of anilines is 1. The number of amides is 2. The topological polar surface area (TPSA) is 93.6 Å². The predicted octanol–water partition coefficient (Wildman–Crippen LogP) is 0.490. The van der Waals surface area contributed by atoms with E-state index in [0.717, 1.165) is 44.2 Å². The fourth-order valence-corrected chi connectivity index (χ4v) is 4.84. The van der Waals surface area contributed by atoms with Gasteiger partial charge in [0.25, 0.3) is 0 Å². The molecule has 0 bridgehead atoms. The number of hydrogen-bond donors (Lipinski definition) is 2. The van der Waals surface area contributed by atoms with Crippen molar-refractivity contribution in [3.63, 3.8) is 0 Å². The number of nitrogens with zero attached hydrogens (tertiary/aromatic N) is 3. The van der Waals surface area contributed by atoms with Gasteiger partial charge in [0.05, 0.1) is 36.3 Å². The Bertz CT molecular complexity index is 806. The number of piperazine rings is 1. The van der Waals surface area contributed by atoms with Crippen LogP contribution in [-0.2, 0) is 9.59 Å². The van der Waals surface area contributed by atoms with E-state index in [-0.39, 0.29) is 11.8 Å². The third kappa shape index (κ3) is 4.33. The molecule has 2 fully saturated rings. The number of ether oxygens (including phenoxy) is 1. The molecule has 0 radical (unpaired) electrons. The summed E-state index contributed by atoms with van der Waals surface area (Å²) in [7, 11) is 0. The van der Waals surface area contributed by atoms with Crippen molar-refractivity contribution in [2.45, 2.75) is 25.6 Å². The summed E-state index contributed by atoms with van der Waals surface area (Å²) in [6.45, 7) is 7.30. The lowest BCUT2D eigenvalue weighted by atomic mass is 9.81. The van der Waals surface area contributed by atoms with Gasteiger partial charge < -0.3 is 19.8 Å². The summed E-state index contributed by atoms with van der Waals surface area (Å²) in [5.74, 6) is -1.56. The first kappa shape index (κ1) is 21.8. The van der Waals surface area contributed by atoms with Crippen LogP contribution in [0.4, 0.5) is 5.69 Å². The first-order valence-corrected chi connectivity index (χ1v) is 11.1. The van der Waals surface area contributed by atoms with Crippen LogP contribution < -0.4 is 9.64 Å². The molecule has 4 atom stereocenters.